The Morgan fingerprint density at radius 1 is 1.56 bits per heavy atom. The van der Waals surface area contributed by atoms with E-state index in [0.717, 1.165) is 17.5 Å². The molecule has 0 N–H and O–H groups in total. The Hall–Kier alpha value is 0.0500. The van der Waals surface area contributed by atoms with Gasteiger partial charge in [0.25, 0.3) is 0 Å². The standard InChI is InChI=1S/C6H6BrClO/c7-4-3-5-1-2-6(8)9-5/h1-2H,3-4H2. The number of hydrogen-bond donors (Lipinski definition) is 0. The second kappa shape index (κ2) is 3.28. The monoisotopic (exact) mass is 208 g/mol. The topological polar surface area (TPSA) is 13.1 Å². The molecule has 1 nitrogen and oxygen atoms in total. The lowest BCUT2D eigenvalue weighted by molar-refractivity contribution is 0.519. The van der Waals surface area contributed by atoms with Crippen molar-refractivity contribution in [2.45, 2.75) is 6.42 Å². The Morgan fingerprint density at radius 2 is 2.33 bits per heavy atom. The van der Waals surface area contributed by atoms with E-state index in [1.807, 2.05) is 6.07 Å². The highest BCUT2D eigenvalue weighted by Gasteiger charge is 1.96. The van der Waals surface area contributed by atoms with Gasteiger partial charge in [-0.1, -0.05) is 15.9 Å². The summed E-state index contributed by atoms with van der Waals surface area (Å²) in [5.41, 5.74) is 0. The lowest BCUT2D eigenvalue weighted by Gasteiger charge is -1.86. The summed E-state index contributed by atoms with van der Waals surface area (Å²) in [5.74, 6) is 0.928. The zero-order valence-corrected chi connectivity index (χ0v) is 7.08. The smallest absolute Gasteiger partial charge is 0.193 e. The second-order valence-electron chi connectivity index (χ2n) is 1.64. The van der Waals surface area contributed by atoms with Gasteiger partial charge >= 0.3 is 0 Å². The Kier molecular flexibility index (Phi) is 2.61. The molecule has 0 bridgehead atoms. The van der Waals surface area contributed by atoms with E-state index in [0.29, 0.717) is 5.22 Å². The van der Waals surface area contributed by atoms with Crippen molar-refractivity contribution in [2.75, 3.05) is 5.33 Å². The van der Waals surface area contributed by atoms with Crippen molar-refractivity contribution >= 4 is 27.5 Å². The fraction of sp³-hybridized carbons (Fsp3) is 0.333. The van der Waals surface area contributed by atoms with Crippen molar-refractivity contribution < 1.29 is 4.42 Å². The number of halogens is 2. The van der Waals surface area contributed by atoms with Gasteiger partial charge < -0.3 is 4.42 Å². The molecule has 0 saturated carbocycles. The molecular formula is C6H6BrClO. The molecular weight excluding hydrogens is 203 g/mol. The summed E-state index contributed by atoms with van der Waals surface area (Å²) in [4.78, 5) is 0. The normalized spacial score (nSPS) is 10.0. The van der Waals surface area contributed by atoms with E-state index in [1.165, 1.54) is 0 Å². The molecule has 0 unspecified atom stereocenters. The van der Waals surface area contributed by atoms with Crippen LogP contribution in [0.15, 0.2) is 16.5 Å². The molecule has 1 aromatic heterocycles. The summed E-state index contributed by atoms with van der Waals surface area (Å²) in [6, 6.07) is 3.63. The van der Waals surface area contributed by atoms with E-state index in [9.17, 15) is 0 Å². The maximum absolute atomic E-state index is 5.51. The summed E-state index contributed by atoms with van der Waals surface area (Å²) in [5, 5.41) is 1.38. The summed E-state index contributed by atoms with van der Waals surface area (Å²) < 4.78 is 5.06. The van der Waals surface area contributed by atoms with Gasteiger partial charge in [0, 0.05) is 11.8 Å². The van der Waals surface area contributed by atoms with E-state index in [1.54, 1.807) is 6.07 Å². The van der Waals surface area contributed by atoms with Crippen LogP contribution in [0.2, 0.25) is 5.22 Å². The van der Waals surface area contributed by atoms with E-state index in [2.05, 4.69) is 15.9 Å². The van der Waals surface area contributed by atoms with Crippen LogP contribution in [0.5, 0.6) is 0 Å². The molecule has 0 spiro atoms. The van der Waals surface area contributed by atoms with Crippen LogP contribution in [0.3, 0.4) is 0 Å². The second-order valence-corrected chi connectivity index (χ2v) is 2.81. The molecule has 0 atom stereocenters. The summed E-state index contributed by atoms with van der Waals surface area (Å²) in [7, 11) is 0. The quantitative estimate of drug-likeness (QED) is 0.683. The number of hydrogen-bond acceptors (Lipinski definition) is 1. The predicted molar refractivity (Wildman–Crippen MR) is 41.2 cm³/mol. The van der Waals surface area contributed by atoms with E-state index < -0.39 is 0 Å². The first-order valence-electron chi connectivity index (χ1n) is 2.63. The molecule has 0 amide bonds. The van der Waals surface area contributed by atoms with Gasteiger partial charge in [0.05, 0.1) is 0 Å². The number of rotatable bonds is 2. The number of aryl methyl sites for hydroxylation is 1. The van der Waals surface area contributed by atoms with Gasteiger partial charge in [-0.05, 0) is 23.7 Å². The molecule has 3 heteroatoms. The van der Waals surface area contributed by atoms with Crippen molar-refractivity contribution in [3.63, 3.8) is 0 Å². The van der Waals surface area contributed by atoms with Gasteiger partial charge in [-0.2, -0.15) is 0 Å². The SMILES string of the molecule is Clc1ccc(CCBr)o1. The van der Waals surface area contributed by atoms with Crippen molar-refractivity contribution in [2.24, 2.45) is 0 Å². The van der Waals surface area contributed by atoms with Crippen LogP contribution >= 0.6 is 27.5 Å². The molecule has 9 heavy (non-hydrogen) atoms. The van der Waals surface area contributed by atoms with Gasteiger partial charge in [0.15, 0.2) is 5.22 Å². The molecule has 0 aliphatic rings. The third kappa shape index (κ3) is 2.03. The first kappa shape index (κ1) is 7.16. The lowest BCUT2D eigenvalue weighted by atomic mass is 10.4. The summed E-state index contributed by atoms with van der Waals surface area (Å²) >= 11 is 8.81. The van der Waals surface area contributed by atoms with Gasteiger partial charge in [0.1, 0.15) is 5.76 Å². The van der Waals surface area contributed by atoms with Crippen LogP contribution in [-0.2, 0) is 6.42 Å². The molecule has 1 heterocycles. The Labute approximate surface area is 67.1 Å². The molecule has 0 fully saturated rings. The fourth-order valence-electron chi connectivity index (χ4n) is 0.579. The highest BCUT2D eigenvalue weighted by molar-refractivity contribution is 9.09. The van der Waals surface area contributed by atoms with Gasteiger partial charge in [0.2, 0.25) is 0 Å². The van der Waals surface area contributed by atoms with Crippen LogP contribution in [-0.4, -0.2) is 5.33 Å². The van der Waals surface area contributed by atoms with Gasteiger partial charge in [-0.15, -0.1) is 0 Å². The Morgan fingerprint density at radius 3 is 2.78 bits per heavy atom. The average molecular weight is 209 g/mol. The predicted octanol–water partition coefficient (Wildman–Crippen LogP) is 2.87. The van der Waals surface area contributed by atoms with Crippen LogP contribution < -0.4 is 0 Å². The lowest BCUT2D eigenvalue weighted by Crippen LogP contribution is -1.78. The zero-order chi connectivity index (χ0) is 6.69. The minimum absolute atomic E-state index is 0.464. The minimum atomic E-state index is 0.464. The molecule has 0 aliphatic heterocycles. The maximum Gasteiger partial charge on any atom is 0.193 e. The molecule has 0 radical (unpaired) electrons. The molecule has 0 saturated heterocycles. The Bertz CT molecular complexity index is 185. The van der Waals surface area contributed by atoms with Crippen LogP contribution in [0.4, 0.5) is 0 Å². The summed E-state index contributed by atoms with van der Waals surface area (Å²) in [6.45, 7) is 0. The third-order valence-corrected chi connectivity index (χ3v) is 1.57. The van der Waals surface area contributed by atoms with Gasteiger partial charge in [-0.3, -0.25) is 0 Å². The van der Waals surface area contributed by atoms with Crippen molar-refractivity contribution in [3.05, 3.63) is 23.1 Å². The Balaban J connectivity index is 2.61. The zero-order valence-electron chi connectivity index (χ0n) is 4.73. The average Bonchev–Trinajstić information content (AvgIpc) is 2.17. The highest BCUT2D eigenvalue weighted by Crippen LogP contribution is 2.13. The first-order chi connectivity index (χ1) is 4.33. The minimum Gasteiger partial charge on any atom is -0.450 e. The van der Waals surface area contributed by atoms with Crippen molar-refractivity contribution in [1.29, 1.82) is 0 Å². The molecule has 0 aliphatic carbocycles. The number of alkyl halides is 1. The fourth-order valence-corrected chi connectivity index (χ4v) is 1.13. The summed E-state index contributed by atoms with van der Waals surface area (Å²) in [6.07, 6.45) is 0.896. The third-order valence-electron chi connectivity index (χ3n) is 0.970. The first-order valence-corrected chi connectivity index (χ1v) is 4.13. The number of furan rings is 1. The molecule has 1 rings (SSSR count). The van der Waals surface area contributed by atoms with E-state index >= 15 is 0 Å². The molecule has 50 valence electrons. The van der Waals surface area contributed by atoms with Crippen LogP contribution in [0.25, 0.3) is 0 Å². The van der Waals surface area contributed by atoms with Crippen LogP contribution in [0, 0.1) is 0 Å². The molecule has 1 aromatic rings. The van der Waals surface area contributed by atoms with Gasteiger partial charge in [-0.25, -0.2) is 0 Å². The van der Waals surface area contributed by atoms with E-state index in [4.69, 9.17) is 16.0 Å². The largest absolute Gasteiger partial charge is 0.450 e. The molecule has 0 aromatic carbocycles. The highest BCUT2D eigenvalue weighted by atomic mass is 79.9. The van der Waals surface area contributed by atoms with Crippen LogP contribution in [0.1, 0.15) is 5.76 Å². The van der Waals surface area contributed by atoms with Crippen molar-refractivity contribution in [3.8, 4) is 0 Å². The van der Waals surface area contributed by atoms with E-state index in [-0.39, 0.29) is 0 Å². The maximum atomic E-state index is 5.51. The van der Waals surface area contributed by atoms with Crippen molar-refractivity contribution in [1.82, 2.24) is 0 Å².